The maximum Gasteiger partial charge on any atom is 0.397 e. The second-order valence-electron chi connectivity index (χ2n) is 16.5. The van der Waals surface area contributed by atoms with Gasteiger partial charge in [-0.3, -0.25) is 4.55 Å². The molecule has 13 nitrogen and oxygen atoms in total. The van der Waals surface area contributed by atoms with Crippen molar-refractivity contribution in [1.29, 1.82) is 0 Å². The van der Waals surface area contributed by atoms with Crippen LogP contribution in [0.15, 0.2) is 115 Å². The number of hydrogen-bond donors (Lipinski definition) is 1. The molecule has 350 valence electrons. The molecule has 0 aromatic heterocycles. The van der Waals surface area contributed by atoms with Gasteiger partial charge < -0.3 is 42.6 Å². The van der Waals surface area contributed by atoms with Crippen molar-refractivity contribution in [3.05, 3.63) is 138 Å². The lowest BCUT2D eigenvalue weighted by Gasteiger charge is -2.54. The largest absolute Gasteiger partial charge is 0.497 e. The van der Waals surface area contributed by atoms with Gasteiger partial charge in [0, 0.05) is 20.1 Å². The Hall–Kier alpha value is -3.42. The van der Waals surface area contributed by atoms with Crippen LogP contribution in [0.3, 0.4) is 0 Å². The molecule has 4 aromatic rings. The Labute approximate surface area is 382 Å². The first-order valence-corrected chi connectivity index (χ1v) is 24.7. The number of hydrogen-bond acceptors (Lipinski definition) is 12. The van der Waals surface area contributed by atoms with Gasteiger partial charge in [0.25, 0.3) is 0 Å². The second-order valence-corrected chi connectivity index (χ2v) is 19.9. The van der Waals surface area contributed by atoms with E-state index in [9.17, 15) is 13.0 Å². The Morgan fingerprint density at radius 2 is 1.23 bits per heavy atom. The molecule has 64 heavy (non-hydrogen) atoms. The lowest BCUT2D eigenvalue weighted by Crippen LogP contribution is -2.71. The van der Waals surface area contributed by atoms with Crippen LogP contribution >= 0.6 is 0 Å². The summed E-state index contributed by atoms with van der Waals surface area (Å²) in [6.07, 6.45) is -5.02. The molecular weight excluding hydrogens is 861 g/mol. The molecule has 0 bridgehead atoms. The minimum Gasteiger partial charge on any atom is -0.497 e. The van der Waals surface area contributed by atoms with Gasteiger partial charge in [-0.05, 0) is 65.5 Å². The summed E-state index contributed by atoms with van der Waals surface area (Å²) in [7, 11) is -0.960. The molecule has 2 unspecified atom stereocenters. The van der Waals surface area contributed by atoms with Crippen molar-refractivity contribution < 1.29 is 59.8 Å². The molecule has 6 rings (SSSR count). The monoisotopic (exact) mass is 925 g/mol. The van der Waals surface area contributed by atoms with Gasteiger partial charge in [0.2, 0.25) is 11.6 Å². The molecule has 0 saturated carbocycles. The summed E-state index contributed by atoms with van der Waals surface area (Å²) in [5.41, 5.74) is 3.72. The van der Waals surface area contributed by atoms with Crippen LogP contribution < -0.4 is 4.74 Å². The molecule has 2 aliphatic rings. The van der Waals surface area contributed by atoms with Crippen molar-refractivity contribution >= 4 is 21.3 Å². The Kier molecular flexibility index (Phi) is 18.2. The third kappa shape index (κ3) is 13.1. The van der Waals surface area contributed by atoms with Crippen molar-refractivity contribution in [1.82, 2.24) is 0 Å². The Balaban J connectivity index is 1.38. The lowest BCUT2D eigenvalue weighted by atomic mass is 9.94. The second kappa shape index (κ2) is 23.3. The van der Waals surface area contributed by atoms with E-state index in [1.54, 1.807) is 21.0 Å². The molecule has 15 heteroatoms. The zero-order valence-corrected chi connectivity index (χ0v) is 39.5. The Morgan fingerprint density at radius 3 is 1.75 bits per heavy atom. The summed E-state index contributed by atoms with van der Waals surface area (Å²) in [4.78, 5) is 0. The van der Waals surface area contributed by atoms with Gasteiger partial charge >= 0.3 is 10.4 Å². The maximum absolute atomic E-state index is 13.2. The minimum absolute atomic E-state index is 0.00308. The van der Waals surface area contributed by atoms with Crippen LogP contribution in [0.5, 0.6) is 5.75 Å². The van der Waals surface area contributed by atoms with Gasteiger partial charge in [-0.1, -0.05) is 117 Å². The molecule has 2 saturated heterocycles. The molecule has 2 fully saturated rings. The van der Waals surface area contributed by atoms with E-state index in [-0.39, 0.29) is 54.6 Å². The van der Waals surface area contributed by atoms with Gasteiger partial charge in [-0.15, -0.1) is 0 Å². The summed E-state index contributed by atoms with van der Waals surface area (Å²) in [6.45, 7) is 8.65. The van der Waals surface area contributed by atoms with Crippen LogP contribution in [0.25, 0.3) is 0 Å². The summed E-state index contributed by atoms with van der Waals surface area (Å²) < 4.78 is 100. The number of benzene rings is 4. The van der Waals surface area contributed by atoms with Crippen LogP contribution in [-0.4, -0.2) is 106 Å². The van der Waals surface area contributed by atoms with Crippen molar-refractivity contribution in [3.8, 4) is 5.75 Å². The molecule has 1 N–H and O–H groups in total. The highest BCUT2D eigenvalue weighted by molar-refractivity contribution is 7.97. The average Bonchev–Trinajstić information content (AvgIpc) is 3.61. The standard InChI is InChI=1S/C49H64O13S2/c1-8-44-35(2)42(58-31-39-24-26-40(53-5)27-25-39)33-63(44)34-43(59-30-38-22-16-11-17-23-38)46(62-64(50,51)52)47-45(60-48(3,54-6)49(4,55-7)61-47)41(57-29-37-20-14-10-15-21-37)32-56-28-36-18-12-9-13-19-36/h9-27,35,41-47H,8,28-34H2,1-7H3/p+1/t35-,41-,42+,43+,44+,45-,46+,47+,48?,49?,63-/m0/s1. The van der Waals surface area contributed by atoms with Crippen LogP contribution in [0.2, 0.25) is 0 Å². The van der Waals surface area contributed by atoms with Crippen LogP contribution in [-0.2, 0) is 89.8 Å². The number of methoxy groups -OCH3 is 3. The van der Waals surface area contributed by atoms with E-state index < -0.39 is 52.5 Å². The van der Waals surface area contributed by atoms with Crippen molar-refractivity contribution in [2.75, 3.05) is 39.4 Å². The highest BCUT2D eigenvalue weighted by Gasteiger charge is 2.62. The molecule has 2 aliphatic heterocycles. The fraction of sp³-hybridized carbons (Fsp3) is 0.510. The van der Waals surface area contributed by atoms with Gasteiger partial charge in [-0.25, -0.2) is 4.18 Å². The Bertz CT molecular complexity index is 2080. The summed E-state index contributed by atoms with van der Waals surface area (Å²) in [5, 5.41) is 0.212. The van der Waals surface area contributed by atoms with Gasteiger partial charge in [0.05, 0.1) is 40.1 Å². The third-order valence-corrected chi connectivity index (χ3v) is 15.9. The molecule has 4 aromatic carbocycles. The number of rotatable bonds is 24. The summed E-state index contributed by atoms with van der Waals surface area (Å²) in [6, 6.07) is 36.8. The lowest BCUT2D eigenvalue weighted by molar-refractivity contribution is -0.462. The summed E-state index contributed by atoms with van der Waals surface area (Å²) >= 11 is 0. The average molecular weight is 926 g/mol. The summed E-state index contributed by atoms with van der Waals surface area (Å²) in [5.74, 6) is -1.16. The van der Waals surface area contributed by atoms with E-state index in [2.05, 4.69) is 13.8 Å². The number of ether oxygens (including phenoxy) is 9. The fourth-order valence-corrected chi connectivity index (χ4v) is 12.3. The zero-order chi connectivity index (χ0) is 45.7. The van der Waals surface area contributed by atoms with Crippen molar-refractivity contribution in [3.63, 3.8) is 0 Å². The first-order valence-electron chi connectivity index (χ1n) is 21.7. The quantitative estimate of drug-likeness (QED) is 0.0541. The molecule has 0 amide bonds. The third-order valence-electron chi connectivity index (χ3n) is 12.3. The normalized spacial score (nSPS) is 27.5. The smallest absolute Gasteiger partial charge is 0.397 e. The van der Waals surface area contributed by atoms with Gasteiger partial charge in [-0.2, -0.15) is 8.42 Å². The predicted octanol–water partition coefficient (Wildman–Crippen LogP) is 7.71. The van der Waals surface area contributed by atoms with E-state index in [0.717, 1.165) is 34.4 Å². The molecule has 2 heterocycles. The van der Waals surface area contributed by atoms with Crippen LogP contribution in [0, 0.1) is 5.92 Å². The van der Waals surface area contributed by atoms with Crippen molar-refractivity contribution in [2.24, 2.45) is 5.92 Å². The molecule has 11 atom stereocenters. The van der Waals surface area contributed by atoms with E-state index in [4.69, 9.17) is 46.8 Å². The fourth-order valence-electron chi connectivity index (χ4n) is 8.41. The van der Waals surface area contributed by atoms with E-state index in [0.29, 0.717) is 18.1 Å². The zero-order valence-electron chi connectivity index (χ0n) is 37.9. The first kappa shape index (κ1) is 50.0. The van der Waals surface area contributed by atoms with E-state index >= 15 is 0 Å². The van der Waals surface area contributed by atoms with Crippen LogP contribution in [0.4, 0.5) is 0 Å². The topological polar surface area (TPSA) is 147 Å². The molecule has 0 aliphatic carbocycles. The van der Waals surface area contributed by atoms with Gasteiger partial charge in [0.1, 0.15) is 59.1 Å². The Morgan fingerprint density at radius 1 is 0.719 bits per heavy atom. The first-order chi connectivity index (χ1) is 30.8. The highest BCUT2D eigenvalue weighted by Crippen LogP contribution is 2.44. The minimum atomic E-state index is -5.15. The van der Waals surface area contributed by atoms with E-state index in [1.807, 2.05) is 115 Å². The molecule has 0 spiro atoms. The predicted molar refractivity (Wildman–Crippen MR) is 245 cm³/mol. The van der Waals surface area contributed by atoms with Crippen molar-refractivity contribution in [2.45, 2.75) is 114 Å². The molecule has 0 radical (unpaired) electrons. The van der Waals surface area contributed by atoms with Crippen LogP contribution in [0.1, 0.15) is 56.4 Å². The SMILES string of the molecule is CC[C@@H]1[C@@H](C)[C@H](OCc2ccc(OC)cc2)C[S@@+]1C[C@@H](OCc1ccccc1)[C@@H](OS(=O)(=O)O)[C@@H]1OC(C)(OC)C(C)(OC)O[C@H]1[C@H](COCc1ccccc1)OCc1ccccc1. The van der Waals surface area contributed by atoms with E-state index in [1.165, 1.54) is 14.2 Å². The maximum atomic E-state index is 13.2. The highest BCUT2D eigenvalue weighted by atomic mass is 32.3. The van der Waals surface area contributed by atoms with Gasteiger partial charge in [0.15, 0.2) is 0 Å². The molecular formula is C49H65O13S2+.